The summed E-state index contributed by atoms with van der Waals surface area (Å²) >= 11 is 17.9. The molecule has 4 atom stereocenters. The van der Waals surface area contributed by atoms with Gasteiger partial charge in [-0.1, -0.05) is 67.2 Å². The molecular formula is C34H55Br2Cl3O16S6. The molecule has 358 valence electrons. The third-order valence-electron chi connectivity index (χ3n) is 6.88. The molecule has 0 aliphatic carbocycles. The van der Waals surface area contributed by atoms with Crippen LogP contribution in [0.4, 0.5) is 0 Å². The molecule has 0 unspecified atom stereocenters. The summed E-state index contributed by atoms with van der Waals surface area (Å²) in [5.74, 6) is -2.00. The van der Waals surface area contributed by atoms with Crippen LogP contribution in [0, 0.1) is 0 Å². The van der Waals surface area contributed by atoms with E-state index < -0.39 is 52.8 Å². The number of ether oxygens (including phenoxy) is 6. The first-order chi connectivity index (χ1) is 26.5. The summed E-state index contributed by atoms with van der Waals surface area (Å²) in [5.41, 5.74) is 1.49. The number of halogens is 5. The predicted molar refractivity (Wildman–Crippen MR) is 258 cm³/mol. The van der Waals surface area contributed by atoms with Crippen LogP contribution in [0.2, 0.25) is 10.0 Å². The number of Topliss-reactive ketones (excluding diaryl/α,β-unsaturated/α-hetero) is 1. The zero-order chi connectivity index (χ0) is 44.6. The number of aliphatic hydroxyl groups is 1. The highest BCUT2D eigenvalue weighted by atomic mass is 79.9. The summed E-state index contributed by atoms with van der Waals surface area (Å²) in [6, 6.07) is 13.9. The molecule has 1 N–H and O–H groups in total. The second-order valence-electron chi connectivity index (χ2n) is 13.3. The largest absolute Gasteiger partial charge is 0.394 e. The number of hydrogen-bond acceptors (Lipinski definition) is 16. The third-order valence-corrected chi connectivity index (χ3v) is 9.76. The second kappa shape index (κ2) is 30.0. The van der Waals surface area contributed by atoms with Gasteiger partial charge in [-0.25, -0.2) is 8.42 Å². The van der Waals surface area contributed by atoms with Crippen molar-refractivity contribution < 1.29 is 71.9 Å². The molecular weight excluding hydrogens is 1120 g/mol. The van der Waals surface area contributed by atoms with Crippen LogP contribution < -0.4 is 0 Å². The number of hydrogen-bond donors (Lipinski definition) is 1. The normalized spacial score (nSPS) is 22.3. The quantitative estimate of drug-likeness (QED) is 0.119. The average molecular weight is 1180 g/mol. The zero-order valence-electron chi connectivity index (χ0n) is 34.2. The molecule has 2 aromatic carbocycles. The topological polar surface area (TPSA) is 214 Å². The van der Waals surface area contributed by atoms with Gasteiger partial charge in [0.2, 0.25) is 14.8 Å². The van der Waals surface area contributed by atoms with Gasteiger partial charge in [0.1, 0.15) is 18.3 Å². The maximum atomic E-state index is 11.0. The van der Waals surface area contributed by atoms with Crippen molar-refractivity contribution in [2.45, 2.75) is 63.4 Å². The number of carbonyl (C=O) groups is 1. The fourth-order valence-electron chi connectivity index (χ4n) is 4.46. The summed E-state index contributed by atoms with van der Waals surface area (Å²) in [6.07, 6.45) is 2.06. The average Bonchev–Trinajstić information content (AvgIpc) is 3.82. The minimum Gasteiger partial charge on any atom is -0.394 e. The monoisotopic (exact) mass is 1170 g/mol. The Morgan fingerprint density at radius 1 is 0.689 bits per heavy atom. The van der Waals surface area contributed by atoms with E-state index in [-0.39, 0.29) is 84.9 Å². The van der Waals surface area contributed by atoms with Crippen molar-refractivity contribution in [3.8, 4) is 0 Å². The Morgan fingerprint density at radius 2 is 1.05 bits per heavy atom. The van der Waals surface area contributed by atoms with Crippen molar-refractivity contribution in [2.75, 3.05) is 69.1 Å². The molecule has 0 radical (unpaired) electrons. The van der Waals surface area contributed by atoms with Crippen molar-refractivity contribution in [2.24, 2.45) is 0 Å². The molecule has 0 spiro atoms. The van der Waals surface area contributed by atoms with E-state index in [0.29, 0.717) is 39.5 Å². The lowest BCUT2D eigenvalue weighted by molar-refractivity contribution is -0.159. The lowest BCUT2D eigenvalue weighted by Crippen LogP contribution is -2.31. The lowest BCUT2D eigenvalue weighted by atomic mass is 10.1. The molecule has 16 nitrogen and oxygen atoms in total. The van der Waals surface area contributed by atoms with E-state index in [1.807, 2.05) is 26.0 Å². The van der Waals surface area contributed by atoms with Gasteiger partial charge in [0.05, 0.1) is 69.1 Å². The maximum absolute atomic E-state index is 11.0. The Hall–Kier alpha value is 0.480. The number of ketones is 1. The molecule has 0 saturated carbocycles. The smallest absolute Gasteiger partial charge is 0.264 e. The molecule has 5 rings (SSSR count). The molecule has 3 heterocycles. The molecule has 27 heteroatoms. The highest BCUT2D eigenvalue weighted by Gasteiger charge is 2.43. The van der Waals surface area contributed by atoms with Gasteiger partial charge >= 0.3 is 0 Å². The van der Waals surface area contributed by atoms with Crippen LogP contribution in [0.1, 0.15) is 43.6 Å². The third kappa shape index (κ3) is 30.4. The van der Waals surface area contributed by atoms with Crippen LogP contribution in [0.25, 0.3) is 0 Å². The van der Waals surface area contributed by atoms with Crippen molar-refractivity contribution in [3.05, 3.63) is 69.7 Å². The summed E-state index contributed by atoms with van der Waals surface area (Å²) in [6.45, 7) is 8.33. The van der Waals surface area contributed by atoms with Gasteiger partial charge < -0.3 is 33.5 Å². The number of aliphatic hydroxyl groups excluding tert-OH is 1. The van der Waals surface area contributed by atoms with Crippen LogP contribution in [-0.4, -0.2) is 135 Å². The molecule has 0 bridgehead atoms. The van der Waals surface area contributed by atoms with E-state index in [0.717, 1.165) is 24.3 Å². The summed E-state index contributed by atoms with van der Waals surface area (Å²) in [4.78, 5) is 11.0. The molecule has 61 heavy (non-hydrogen) atoms. The molecule has 3 aliphatic heterocycles. The van der Waals surface area contributed by atoms with Gasteiger partial charge in [0, 0.05) is 31.9 Å². The van der Waals surface area contributed by atoms with Crippen molar-refractivity contribution in [1.29, 1.82) is 0 Å². The van der Waals surface area contributed by atoms with Crippen LogP contribution in [-0.2, 0) is 71.9 Å². The van der Waals surface area contributed by atoms with Gasteiger partial charge in [-0.2, -0.15) is 57.3 Å². The van der Waals surface area contributed by atoms with Crippen molar-refractivity contribution in [1.82, 2.24) is 0 Å². The fourth-order valence-corrected chi connectivity index (χ4v) is 6.45. The van der Waals surface area contributed by atoms with Gasteiger partial charge in [0.15, 0.2) is 17.4 Å². The van der Waals surface area contributed by atoms with Gasteiger partial charge in [-0.15, -0.1) is 0 Å². The molecule has 3 aliphatic rings. The van der Waals surface area contributed by atoms with Gasteiger partial charge in [0.25, 0.3) is 20.2 Å². The molecule has 0 aromatic heterocycles. The van der Waals surface area contributed by atoms with Crippen LogP contribution in [0.15, 0.2) is 48.5 Å². The Morgan fingerprint density at radius 3 is 1.36 bits per heavy atom. The summed E-state index contributed by atoms with van der Waals surface area (Å²) in [7, 11) is -5.57. The van der Waals surface area contributed by atoms with Crippen molar-refractivity contribution in [3.63, 3.8) is 0 Å². The number of carbonyl (C=O) groups excluding carboxylic acids is 1. The fraction of sp³-hybridized carbons (Fsp3) is 0.618. The SMILES string of the molecule is CC1(C)OC[C@@H](CO)O1.CC1(C)OC[C@@H](COS(C)(=O)=O)O1.CS(=O)(=O)Cl.CS(=O)(=O)OC[C@@H]1CO[C@@](CBr)(c2ccc(Cl)cc2)O1.O=C(CBr)c1ccc(Cl)cc1.S.S.S. The minimum absolute atomic E-state index is 0. The van der Waals surface area contributed by atoms with Crippen LogP contribution >= 0.6 is 106 Å². The first kappa shape index (κ1) is 65.8. The number of alkyl halides is 2. The van der Waals surface area contributed by atoms with E-state index in [1.54, 1.807) is 50.2 Å². The van der Waals surface area contributed by atoms with Crippen molar-refractivity contribution >= 4 is 141 Å². The van der Waals surface area contributed by atoms with Crippen LogP contribution in [0.5, 0.6) is 0 Å². The lowest BCUT2D eigenvalue weighted by Gasteiger charge is -2.26. The second-order valence-corrected chi connectivity index (χ2v) is 21.6. The predicted octanol–water partition coefficient (Wildman–Crippen LogP) is 5.96. The Kier molecular flexibility index (Phi) is 32.3. The van der Waals surface area contributed by atoms with E-state index in [9.17, 15) is 30.0 Å². The minimum atomic E-state index is -3.49. The van der Waals surface area contributed by atoms with Crippen LogP contribution in [0.3, 0.4) is 0 Å². The number of benzene rings is 2. The molecule has 3 saturated heterocycles. The summed E-state index contributed by atoms with van der Waals surface area (Å²) in [5, 5.41) is 10.6. The number of rotatable bonds is 11. The highest BCUT2D eigenvalue weighted by Crippen LogP contribution is 2.36. The van der Waals surface area contributed by atoms with Gasteiger partial charge in [-0.3, -0.25) is 13.2 Å². The maximum Gasteiger partial charge on any atom is 0.264 e. The Balaban J connectivity index is -0.000000724. The molecule has 0 amide bonds. The molecule has 3 fully saturated rings. The van der Waals surface area contributed by atoms with E-state index >= 15 is 0 Å². The first-order valence-electron chi connectivity index (χ1n) is 16.8. The van der Waals surface area contributed by atoms with Gasteiger partial charge in [-0.05, 0) is 64.1 Å². The highest BCUT2D eigenvalue weighted by molar-refractivity contribution is 9.09. The zero-order valence-corrected chi connectivity index (χ0v) is 45.1. The Bertz CT molecular complexity index is 1890. The Labute approximate surface area is 411 Å². The van der Waals surface area contributed by atoms with E-state index in [4.69, 9.17) is 60.9 Å². The van der Waals surface area contributed by atoms with E-state index in [1.165, 1.54) is 0 Å². The molecule has 2 aromatic rings. The summed E-state index contributed by atoms with van der Waals surface area (Å²) < 4.78 is 104. The standard InChI is InChI=1S/C12H14BrClO5S.C8H6BrClO.C7H14O5S.C6H12O3.CH3ClO2S.3H2S/c1-20(15,16)18-7-11-6-17-12(8-13,19-11)9-2-4-10(14)5-3-9;9-5-8(11)6-1-3-7(10)4-2-6;1-7(2)10-4-6(12-7)5-11-13(3,8)9;1-6(2)8-4-5(3-7)9-6;1-5(2,3)4;;;/h2-5,11H,6-8H2,1H3;1-4H,5H2;6H,4-5H2,1-3H3;5,7H,3-4H2,1-2H3;1H3;3*1H2/t11-,12+;;6-;5-;;;;/m0.01..../s1. The first-order valence-corrected chi connectivity index (χ1v) is 26.2. The van der Waals surface area contributed by atoms with E-state index in [2.05, 4.69) is 46.7 Å².